The Bertz CT molecular complexity index is 1290. The van der Waals surface area contributed by atoms with E-state index in [1.54, 1.807) is 11.8 Å². The summed E-state index contributed by atoms with van der Waals surface area (Å²) >= 11 is 0. The molecule has 0 fully saturated rings. The Morgan fingerprint density at radius 2 is 1.61 bits per heavy atom. The van der Waals surface area contributed by atoms with E-state index in [0.717, 1.165) is 17.7 Å². The maximum absolute atomic E-state index is 13.7. The first-order valence-electron chi connectivity index (χ1n) is 11.1. The van der Waals surface area contributed by atoms with Gasteiger partial charge in [0, 0.05) is 24.8 Å². The van der Waals surface area contributed by atoms with E-state index < -0.39 is 0 Å². The zero-order chi connectivity index (χ0) is 22.6. The van der Waals surface area contributed by atoms with Crippen molar-refractivity contribution in [3.05, 3.63) is 108 Å². The predicted molar refractivity (Wildman–Crippen MR) is 130 cm³/mol. The van der Waals surface area contributed by atoms with Crippen molar-refractivity contribution in [1.29, 1.82) is 0 Å². The normalized spacial score (nSPS) is 13.5. The van der Waals surface area contributed by atoms with E-state index in [1.165, 1.54) is 11.1 Å². The highest BCUT2D eigenvalue weighted by Gasteiger charge is 2.26. The summed E-state index contributed by atoms with van der Waals surface area (Å²) in [5, 5.41) is 4.81. The summed E-state index contributed by atoms with van der Waals surface area (Å²) < 4.78 is 7.34. The third-order valence-corrected chi connectivity index (χ3v) is 5.97. The van der Waals surface area contributed by atoms with Crippen LogP contribution in [0.3, 0.4) is 0 Å². The van der Waals surface area contributed by atoms with Gasteiger partial charge in [-0.25, -0.2) is 4.68 Å². The molecule has 1 aromatic heterocycles. The van der Waals surface area contributed by atoms with Crippen LogP contribution in [0.2, 0.25) is 0 Å². The monoisotopic (exact) mass is 435 g/mol. The molecule has 164 valence electrons. The molecule has 0 radical (unpaired) electrons. The fourth-order valence-electron chi connectivity index (χ4n) is 4.22. The molecule has 2 heterocycles. The summed E-state index contributed by atoms with van der Waals surface area (Å²) in [6.07, 6.45) is 4.81. The molecule has 0 unspecified atom stereocenters. The number of ether oxygens (including phenoxy) is 1. The van der Waals surface area contributed by atoms with Crippen LogP contribution in [0.25, 0.3) is 22.5 Å². The number of amides is 1. The van der Waals surface area contributed by atoms with E-state index in [2.05, 4.69) is 18.2 Å². The van der Waals surface area contributed by atoms with Crippen LogP contribution in [0.1, 0.15) is 22.3 Å². The Morgan fingerprint density at radius 3 is 2.30 bits per heavy atom. The molecule has 0 N–H and O–H groups in total. The van der Waals surface area contributed by atoms with Gasteiger partial charge in [0.1, 0.15) is 11.4 Å². The second-order valence-electron chi connectivity index (χ2n) is 7.97. The Kier molecular flexibility index (Phi) is 5.77. The fraction of sp³-hybridized carbons (Fsp3) is 0.143. The predicted octanol–water partition coefficient (Wildman–Crippen LogP) is 5.48. The number of para-hydroxylation sites is 2. The van der Waals surface area contributed by atoms with Crippen molar-refractivity contribution in [3.8, 4) is 22.7 Å². The molecule has 33 heavy (non-hydrogen) atoms. The third kappa shape index (κ3) is 4.17. The Hall–Kier alpha value is -4.12. The van der Waals surface area contributed by atoms with Gasteiger partial charge in [-0.1, -0.05) is 66.7 Å². The van der Waals surface area contributed by atoms with E-state index in [-0.39, 0.29) is 5.91 Å². The highest BCUT2D eigenvalue weighted by atomic mass is 16.5. The topological polar surface area (TPSA) is 47.4 Å². The van der Waals surface area contributed by atoms with Gasteiger partial charge in [0.2, 0.25) is 0 Å². The highest BCUT2D eigenvalue weighted by Crippen LogP contribution is 2.33. The molecule has 5 heteroatoms. The van der Waals surface area contributed by atoms with E-state index in [4.69, 9.17) is 9.84 Å². The SMILES string of the molecule is COc1ccccc1-c1nn(-c2ccccc2)cc1C(=O)N1CC=C(c2ccccc2)CC1. The van der Waals surface area contributed by atoms with E-state index in [0.29, 0.717) is 30.1 Å². The minimum Gasteiger partial charge on any atom is -0.496 e. The summed E-state index contributed by atoms with van der Waals surface area (Å²) in [5.41, 5.74) is 5.40. The van der Waals surface area contributed by atoms with Crippen LogP contribution in [0.4, 0.5) is 0 Å². The number of hydrogen-bond acceptors (Lipinski definition) is 3. The van der Waals surface area contributed by atoms with Crippen LogP contribution in [0.15, 0.2) is 97.2 Å². The first-order chi connectivity index (χ1) is 16.2. The standard InChI is InChI=1S/C28H25N3O2/c1-33-26-15-9-8-14-24(26)27-25(20-31(29-27)23-12-6-3-7-13-23)28(32)30-18-16-22(17-19-30)21-10-4-2-5-11-21/h2-16,20H,17-19H2,1H3. The number of nitrogens with zero attached hydrogens (tertiary/aromatic N) is 3. The molecule has 0 atom stereocenters. The van der Waals surface area contributed by atoms with E-state index >= 15 is 0 Å². The largest absolute Gasteiger partial charge is 0.496 e. The molecule has 5 rings (SSSR count). The van der Waals surface area contributed by atoms with Crippen molar-refractivity contribution in [2.24, 2.45) is 0 Å². The Balaban J connectivity index is 1.51. The number of methoxy groups -OCH3 is 1. The van der Waals surface area contributed by atoms with Gasteiger partial charge in [-0.2, -0.15) is 5.10 Å². The van der Waals surface area contributed by atoms with Gasteiger partial charge in [0.15, 0.2) is 0 Å². The molecule has 0 aliphatic carbocycles. The molecule has 4 aromatic rings. The van der Waals surface area contributed by atoms with Crippen LogP contribution in [-0.2, 0) is 0 Å². The minimum atomic E-state index is -0.0264. The Labute approximate surface area is 193 Å². The van der Waals surface area contributed by atoms with Gasteiger partial charge in [-0.15, -0.1) is 0 Å². The molecule has 1 aliphatic rings. The van der Waals surface area contributed by atoms with E-state index in [1.807, 2.05) is 83.9 Å². The first-order valence-corrected chi connectivity index (χ1v) is 11.1. The van der Waals surface area contributed by atoms with E-state index in [9.17, 15) is 4.79 Å². The highest BCUT2D eigenvalue weighted by molar-refractivity contribution is 6.01. The van der Waals surface area contributed by atoms with Gasteiger partial charge in [-0.3, -0.25) is 4.79 Å². The summed E-state index contributed by atoms with van der Waals surface area (Å²) in [6, 6.07) is 27.9. The summed E-state index contributed by atoms with van der Waals surface area (Å²) in [4.78, 5) is 15.6. The van der Waals surface area contributed by atoms with Crippen LogP contribution < -0.4 is 4.74 Å². The average Bonchev–Trinajstić information content (AvgIpc) is 3.35. The first kappa shape index (κ1) is 20.8. The van der Waals surface area contributed by atoms with Crippen molar-refractivity contribution in [1.82, 2.24) is 14.7 Å². The molecular weight excluding hydrogens is 410 g/mol. The average molecular weight is 436 g/mol. The van der Waals surface area contributed by atoms with Crippen LogP contribution in [0, 0.1) is 0 Å². The summed E-state index contributed by atoms with van der Waals surface area (Å²) in [5.74, 6) is 0.663. The van der Waals surface area contributed by atoms with Crippen molar-refractivity contribution in [2.45, 2.75) is 6.42 Å². The maximum Gasteiger partial charge on any atom is 0.258 e. The summed E-state index contributed by atoms with van der Waals surface area (Å²) in [7, 11) is 1.63. The molecule has 5 nitrogen and oxygen atoms in total. The zero-order valence-electron chi connectivity index (χ0n) is 18.5. The molecule has 1 amide bonds. The smallest absolute Gasteiger partial charge is 0.258 e. The van der Waals surface area contributed by atoms with Gasteiger partial charge in [-0.05, 0) is 41.8 Å². The molecule has 0 saturated carbocycles. The molecule has 0 saturated heterocycles. The number of benzene rings is 3. The second-order valence-corrected chi connectivity index (χ2v) is 7.97. The van der Waals surface area contributed by atoms with Crippen LogP contribution in [-0.4, -0.2) is 40.8 Å². The van der Waals surface area contributed by atoms with Crippen LogP contribution >= 0.6 is 0 Å². The lowest BCUT2D eigenvalue weighted by Crippen LogP contribution is -2.34. The third-order valence-electron chi connectivity index (χ3n) is 5.97. The maximum atomic E-state index is 13.7. The van der Waals surface area contributed by atoms with Gasteiger partial charge < -0.3 is 9.64 Å². The molecule has 1 aliphatic heterocycles. The minimum absolute atomic E-state index is 0.0264. The molecule has 3 aromatic carbocycles. The lowest BCUT2D eigenvalue weighted by atomic mass is 9.99. The van der Waals surface area contributed by atoms with Crippen molar-refractivity contribution in [2.75, 3.05) is 20.2 Å². The second kappa shape index (κ2) is 9.17. The number of carbonyl (C=O) groups excluding carboxylic acids is 1. The number of aromatic nitrogens is 2. The van der Waals surface area contributed by atoms with Gasteiger partial charge >= 0.3 is 0 Å². The summed E-state index contributed by atoms with van der Waals surface area (Å²) in [6.45, 7) is 1.24. The lowest BCUT2D eigenvalue weighted by Gasteiger charge is -2.26. The molecular formula is C28H25N3O2. The number of rotatable bonds is 5. The quantitative estimate of drug-likeness (QED) is 0.417. The Morgan fingerprint density at radius 1 is 0.909 bits per heavy atom. The van der Waals surface area contributed by atoms with Crippen LogP contribution in [0.5, 0.6) is 5.75 Å². The van der Waals surface area contributed by atoms with Gasteiger partial charge in [0.25, 0.3) is 5.91 Å². The van der Waals surface area contributed by atoms with Crippen molar-refractivity contribution < 1.29 is 9.53 Å². The fourth-order valence-corrected chi connectivity index (χ4v) is 4.22. The zero-order valence-corrected chi connectivity index (χ0v) is 18.5. The number of carbonyl (C=O) groups is 1. The molecule has 0 spiro atoms. The van der Waals surface area contributed by atoms with Crippen molar-refractivity contribution in [3.63, 3.8) is 0 Å². The molecule has 0 bridgehead atoms. The number of hydrogen-bond donors (Lipinski definition) is 0. The lowest BCUT2D eigenvalue weighted by molar-refractivity contribution is 0.0773. The van der Waals surface area contributed by atoms with Gasteiger partial charge in [0.05, 0.1) is 18.4 Å². The van der Waals surface area contributed by atoms with Crippen molar-refractivity contribution >= 4 is 11.5 Å².